The number of morpholine rings is 1. The number of amides is 2. The van der Waals surface area contributed by atoms with Crippen LogP contribution in [-0.4, -0.2) is 67.8 Å². The number of aromatic amines is 1. The van der Waals surface area contributed by atoms with Gasteiger partial charge in [0, 0.05) is 30.5 Å². The minimum atomic E-state index is -0.649. The maximum atomic E-state index is 12.2. The van der Waals surface area contributed by atoms with Crippen molar-refractivity contribution in [2.75, 3.05) is 38.7 Å². The molecule has 10 nitrogen and oxygen atoms in total. The molecule has 0 spiro atoms. The highest BCUT2D eigenvalue weighted by molar-refractivity contribution is 5.94. The van der Waals surface area contributed by atoms with Crippen LogP contribution in [0.25, 0.3) is 11.3 Å². The minimum Gasteiger partial charge on any atom is -0.490 e. The third-order valence-electron chi connectivity index (χ3n) is 5.82. The molecule has 0 saturated carbocycles. The number of carbonyl (C=O) groups is 2. The molecule has 0 radical (unpaired) electrons. The molecule has 1 aliphatic heterocycles. The van der Waals surface area contributed by atoms with Gasteiger partial charge in [-0.25, -0.2) is 4.79 Å². The largest absolute Gasteiger partial charge is 0.490 e. The zero-order chi connectivity index (χ0) is 25.2. The van der Waals surface area contributed by atoms with Gasteiger partial charge in [-0.15, -0.1) is 0 Å². The number of hydrogen-bond donors (Lipinski definition) is 4. The summed E-state index contributed by atoms with van der Waals surface area (Å²) in [4.78, 5) is 23.4. The van der Waals surface area contributed by atoms with E-state index in [-0.39, 0.29) is 24.7 Å². The van der Waals surface area contributed by atoms with Crippen LogP contribution in [-0.2, 0) is 20.7 Å². The van der Waals surface area contributed by atoms with Gasteiger partial charge in [0.1, 0.15) is 25.0 Å². The summed E-state index contributed by atoms with van der Waals surface area (Å²) < 4.78 is 16.9. The maximum absolute atomic E-state index is 12.2. The summed E-state index contributed by atoms with van der Waals surface area (Å²) in [6.45, 7) is 1.71. The normalized spacial score (nSPS) is 17.2. The molecule has 4 N–H and O–H groups in total. The van der Waals surface area contributed by atoms with Gasteiger partial charge in [-0.2, -0.15) is 5.10 Å². The molecule has 0 aliphatic carbocycles. The summed E-state index contributed by atoms with van der Waals surface area (Å²) in [5.74, 6) is 0.442. The second kappa shape index (κ2) is 12.7. The average molecular weight is 494 g/mol. The first kappa shape index (κ1) is 25.2. The number of aromatic nitrogens is 2. The van der Waals surface area contributed by atoms with Gasteiger partial charge in [-0.3, -0.25) is 9.89 Å². The van der Waals surface area contributed by atoms with E-state index in [0.29, 0.717) is 18.8 Å². The Morgan fingerprint density at radius 1 is 1.08 bits per heavy atom. The van der Waals surface area contributed by atoms with Crippen LogP contribution in [0, 0.1) is 0 Å². The number of alkyl carbamates (subject to hydrolysis) is 1. The van der Waals surface area contributed by atoms with Gasteiger partial charge in [0.15, 0.2) is 0 Å². The van der Waals surface area contributed by atoms with Crippen molar-refractivity contribution in [1.29, 1.82) is 0 Å². The Hall–Kier alpha value is -3.89. The summed E-state index contributed by atoms with van der Waals surface area (Å²) in [5, 5.41) is 15.8. The molecule has 3 aromatic rings. The molecule has 2 heterocycles. The number of aryl methyl sites for hydroxylation is 1. The third-order valence-corrected chi connectivity index (χ3v) is 5.82. The van der Waals surface area contributed by atoms with Crippen LogP contribution in [0.15, 0.2) is 60.8 Å². The third kappa shape index (κ3) is 7.06. The van der Waals surface area contributed by atoms with Gasteiger partial charge >= 0.3 is 6.09 Å². The van der Waals surface area contributed by atoms with E-state index in [4.69, 9.17) is 9.47 Å². The van der Waals surface area contributed by atoms with Crippen LogP contribution in [0.3, 0.4) is 0 Å². The summed E-state index contributed by atoms with van der Waals surface area (Å²) >= 11 is 0. The Labute approximate surface area is 209 Å². The molecule has 36 heavy (non-hydrogen) atoms. The van der Waals surface area contributed by atoms with E-state index in [1.54, 1.807) is 6.20 Å². The molecule has 0 unspecified atom stereocenters. The Morgan fingerprint density at radius 2 is 1.89 bits per heavy atom. The number of hydrogen-bond acceptors (Lipinski definition) is 7. The molecule has 1 aliphatic rings. The Balaban J connectivity index is 1.28. The van der Waals surface area contributed by atoms with Gasteiger partial charge in [-0.1, -0.05) is 30.3 Å². The summed E-state index contributed by atoms with van der Waals surface area (Å²) in [7, 11) is 1.25. The van der Waals surface area contributed by atoms with Crippen molar-refractivity contribution in [3.63, 3.8) is 0 Å². The van der Waals surface area contributed by atoms with Gasteiger partial charge in [0.25, 0.3) is 0 Å². The molecule has 190 valence electrons. The fourth-order valence-corrected chi connectivity index (χ4v) is 4.03. The van der Waals surface area contributed by atoms with E-state index in [9.17, 15) is 9.59 Å². The zero-order valence-corrected chi connectivity index (χ0v) is 20.2. The van der Waals surface area contributed by atoms with Crippen LogP contribution in [0.2, 0.25) is 0 Å². The summed E-state index contributed by atoms with van der Waals surface area (Å²) in [6, 6.07) is 17.3. The molecule has 2 atom stereocenters. The van der Waals surface area contributed by atoms with Gasteiger partial charge in [0.2, 0.25) is 5.91 Å². The van der Waals surface area contributed by atoms with Crippen LogP contribution >= 0.6 is 0 Å². The second-order valence-corrected chi connectivity index (χ2v) is 8.39. The quantitative estimate of drug-likeness (QED) is 0.342. The van der Waals surface area contributed by atoms with Crippen molar-refractivity contribution in [3.8, 4) is 17.0 Å². The first-order chi connectivity index (χ1) is 17.6. The highest BCUT2D eigenvalue weighted by Crippen LogP contribution is 2.28. The van der Waals surface area contributed by atoms with Crippen LogP contribution < -0.4 is 20.7 Å². The fourth-order valence-electron chi connectivity index (χ4n) is 4.03. The van der Waals surface area contributed by atoms with E-state index in [1.807, 2.05) is 54.6 Å². The number of methoxy groups -OCH3 is 1. The SMILES string of the molecule is COC(=O)NCC(=O)Nc1ccccc1CC[C@H]1CNC[C@@H](COc2ccccc2-c2cc[nH]n2)O1. The fraction of sp³-hybridized carbons (Fsp3) is 0.346. The molecular formula is C26H31N5O5. The lowest BCUT2D eigenvalue weighted by molar-refractivity contribution is -0.115. The lowest BCUT2D eigenvalue weighted by Gasteiger charge is -2.31. The lowest BCUT2D eigenvalue weighted by atomic mass is 10.0. The summed E-state index contributed by atoms with van der Waals surface area (Å²) in [5.41, 5.74) is 3.48. The number of benzene rings is 2. The highest BCUT2D eigenvalue weighted by Gasteiger charge is 2.23. The average Bonchev–Trinajstić information content (AvgIpc) is 3.45. The molecule has 1 saturated heterocycles. The second-order valence-electron chi connectivity index (χ2n) is 8.39. The smallest absolute Gasteiger partial charge is 0.407 e. The van der Waals surface area contributed by atoms with Crippen LogP contribution in [0.5, 0.6) is 5.75 Å². The van der Waals surface area contributed by atoms with Gasteiger partial charge in [0.05, 0.1) is 18.9 Å². The number of H-pyrrole nitrogens is 1. The van der Waals surface area contributed by atoms with Gasteiger partial charge in [-0.05, 0) is 42.7 Å². The Morgan fingerprint density at radius 3 is 2.72 bits per heavy atom. The molecule has 2 amide bonds. The standard InChI is InChI=1S/C26H31N5O5/c1-34-26(33)28-16-25(32)30-22-8-4-2-6-18(22)10-11-19-14-27-15-20(36-19)17-35-24-9-5-3-7-21(24)23-12-13-29-31-23/h2-9,12-13,19-20,27H,10-11,14-17H2,1H3,(H,28,33)(H,29,31)(H,30,32)/t19-,20-/m0/s1. The first-order valence-electron chi connectivity index (χ1n) is 11.9. The highest BCUT2D eigenvalue weighted by atomic mass is 16.5. The van der Waals surface area contributed by atoms with E-state index < -0.39 is 6.09 Å². The predicted molar refractivity (Wildman–Crippen MR) is 135 cm³/mol. The van der Waals surface area contributed by atoms with Crippen molar-refractivity contribution in [3.05, 3.63) is 66.4 Å². The number of para-hydroxylation sites is 2. The molecule has 4 rings (SSSR count). The monoisotopic (exact) mass is 493 g/mol. The molecule has 2 aromatic carbocycles. The molecule has 1 fully saturated rings. The van der Waals surface area contributed by atoms with Crippen LogP contribution in [0.4, 0.5) is 10.5 Å². The van der Waals surface area contributed by atoms with E-state index in [2.05, 4.69) is 30.9 Å². The zero-order valence-electron chi connectivity index (χ0n) is 20.2. The van der Waals surface area contributed by atoms with E-state index in [1.165, 1.54) is 7.11 Å². The van der Waals surface area contributed by atoms with Crippen molar-refractivity contribution in [2.45, 2.75) is 25.0 Å². The van der Waals surface area contributed by atoms with Crippen molar-refractivity contribution < 1.29 is 23.8 Å². The van der Waals surface area contributed by atoms with Crippen molar-refractivity contribution >= 4 is 17.7 Å². The number of nitrogens with one attached hydrogen (secondary N) is 4. The predicted octanol–water partition coefficient (Wildman–Crippen LogP) is 2.74. The first-order valence-corrected chi connectivity index (χ1v) is 11.9. The number of ether oxygens (including phenoxy) is 3. The molecule has 0 bridgehead atoms. The van der Waals surface area contributed by atoms with Crippen molar-refractivity contribution in [2.24, 2.45) is 0 Å². The maximum Gasteiger partial charge on any atom is 0.407 e. The summed E-state index contributed by atoms with van der Waals surface area (Å²) in [6.07, 6.45) is 2.56. The molecular weight excluding hydrogens is 462 g/mol. The van der Waals surface area contributed by atoms with E-state index >= 15 is 0 Å². The van der Waals surface area contributed by atoms with Crippen LogP contribution in [0.1, 0.15) is 12.0 Å². The number of rotatable bonds is 10. The van der Waals surface area contributed by atoms with Gasteiger partial charge < -0.3 is 30.2 Å². The lowest BCUT2D eigenvalue weighted by Crippen LogP contribution is -2.47. The number of carbonyl (C=O) groups excluding carboxylic acids is 2. The molecule has 1 aromatic heterocycles. The Kier molecular flexibility index (Phi) is 8.90. The minimum absolute atomic E-state index is 0.0127. The Bertz CT molecular complexity index is 1140. The van der Waals surface area contributed by atoms with Crippen molar-refractivity contribution in [1.82, 2.24) is 20.8 Å². The number of nitrogens with zero attached hydrogens (tertiary/aromatic N) is 1. The van der Waals surface area contributed by atoms with E-state index in [0.717, 1.165) is 42.0 Å². The molecule has 10 heteroatoms. The topological polar surface area (TPSA) is 127 Å². The number of anilines is 1.